The number of amides is 1. The Balaban J connectivity index is 1.70. The molecule has 29 heavy (non-hydrogen) atoms. The Labute approximate surface area is 170 Å². The molecule has 156 valence electrons. The number of ether oxygens (including phenoxy) is 1. The Morgan fingerprint density at radius 1 is 1.10 bits per heavy atom. The second kappa shape index (κ2) is 9.67. The third kappa shape index (κ3) is 5.22. The van der Waals surface area contributed by atoms with Gasteiger partial charge in [0.1, 0.15) is 0 Å². The monoisotopic (exact) mass is 399 g/mol. The lowest BCUT2D eigenvalue weighted by Gasteiger charge is -2.21. The molecule has 1 heterocycles. The van der Waals surface area contributed by atoms with Gasteiger partial charge in [0.05, 0.1) is 11.4 Å². The first-order valence-corrected chi connectivity index (χ1v) is 10.5. The fourth-order valence-corrected chi connectivity index (χ4v) is 3.78. The molecule has 0 saturated heterocycles. The van der Waals surface area contributed by atoms with E-state index in [1.807, 2.05) is 13.8 Å². The third-order valence-corrected chi connectivity index (χ3v) is 5.32. The quantitative estimate of drug-likeness (QED) is 0.779. The van der Waals surface area contributed by atoms with Gasteiger partial charge in [0.15, 0.2) is 12.3 Å². The van der Waals surface area contributed by atoms with Crippen molar-refractivity contribution < 1.29 is 14.3 Å². The molecule has 1 N–H and O–H groups in total. The van der Waals surface area contributed by atoms with E-state index >= 15 is 0 Å². The van der Waals surface area contributed by atoms with Crippen LogP contribution >= 0.6 is 0 Å². The summed E-state index contributed by atoms with van der Waals surface area (Å²) in [5.41, 5.74) is -0.207. The summed E-state index contributed by atoms with van der Waals surface area (Å²) in [6, 6.07) is 6.74. The molecule has 0 unspecified atom stereocenters. The summed E-state index contributed by atoms with van der Waals surface area (Å²) in [4.78, 5) is 37.5. The van der Waals surface area contributed by atoms with E-state index in [2.05, 4.69) is 10.4 Å². The molecule has 0 bridgehead atoms. The number of carbonyl (C=O) groups excluding carboxylic acids is 2. The van der Waals surface area contributed by atoms with E-state index in [-0.39, 0.29) is 35.9 Å². The fraction of sp³-hybridized carbons (Fsp3) is 0.545. The van der Waals surface area contributed by atoms with Crippen LogP contribution in [0, 0.1) is 0 Å². The normalized spacial score (nSPS) is 15.7. The van der Waals surface area contributed by atoms with Gasteiger partial charge in [-0.15, -0.1) is 0 Å². The maximum atomic E-state index is 12.7. The molecule has 0 spiro atoms. The molecule has 1 fully saturated rings. The fourth-order valence-electron chi connectivity index (χ4n) is 3.78. The van der Waals surface area contributed by atoms with Crippen molar-refractivity contribution in [3.8, 4) is 0 Å². The standard InChI is InChI=1S/C22H29N3O4/c1-15(2)25-21(27)18-13-9-8-12-17(18)20(24-25)22(28)29-14-19(26)23-16-10-6-4-3-5-7-11-16/h8-9,12-13,15-16H,3-7,10-11,14H2,1-2H3,(H,23,26). The number of hydrogen-bond donors (Lipinski definition) is 1. The number of rotatable bonds is 5. The van der Waals surface area contributed by atoms with Crippen LogP contribution in [0.3, 0.4) is 0 Å². The molecule has 1 amide bonds. The topological polar surface area (TPSA) is 90.3 Å². The average molecular weight is 399 g/mol. The molecule has 0 atom stereocenters. The van der Waals surface area contributed by atoms with Crippen LogP contribution in [0.2, 0.25) is 0 Å². The first-order valence-electron chi connectivity index (χ1n) is 10.5. The molecule has 7 heteroatoms. The van der Waals surface area contributed by atoms with E-state index in [4.69, 9.17) is 4.74 Å². The zero-order valence-electron chi connectivity index (χ0n) is 17.1. The van der Waals surface area contributed by atoms with E-state index in [1.54, 1.807) is 24.3 Å². The first-order chi connectivity index (χ1) is 14.0. The van der Waals surface area contributed by atoms with Gasteiger partial charge >= 0.3 is 5.97 Å². The summed E-state index contributed by atoms with van der Waals surface area (Å²) in [7, 11) is 0. The van der Waals surface area contributed by atoms with Gasteiger partial charge in [0.2, 0.25) is 0 Å². The van der Waals surface area contributed by atoms with E-state index < -0.39 is 5.97 Å². The number of nitrogens with zero attached hydrogens (tertiary/aromatic N) is 2. The number of nitrogens with one attached hydrogen (secondary N) is 1. The van der Waals surface area contributed by atoms with Gasteiger partial charge < -0.3 is 10.1 Å². The number of hydrogen-bond acceptors (Lipinski definition) is 5. The zero-order valence-corrected chi connectivity index (χ0v) is 17.1. The molecule has 1 aliphatic rings. The van der Waals surface area contributed by atoms with E-state index in [1.165, 1.54) is 23.9 Å². The minimum Gasteiger partial charge on any atom is -0.451 e. The highest BCUT2D eigenvalue weighted by molar-refractivity contribution is 6.02. The second-order valence-corrected chi connectivity index (χ2v) is 7.92. The Hall–Kier alpha value is -2.70. The van der Waals surface area contributed by atoms with Crippen LogP contribution in [0.1, 0.15) is 75.3 Å². The summed E-state index contributed by atoms with van der Waals surface area (Å²) in [5, 5.41) is 8.03. The van der Waals surface area contributed by atoms with Crippen molar-refractivity contribution >= 4 is 22.6 Å². The van der Waals surface area contributed by atoms with Crippen LogP contribution in [0.15, 0.2) is 29.1 Å². The van der Waals surface area contributed by atoms with Crippen molar-refractivity contribution in [2.75, 3.05) is 6.61 Å². The number of carbonyl (C=O) groups is 2. The Morgan fingerprint density at radius 2 is 1.72 bits per heavy atom. The predicted molar refractivity (Wildman–Crippen MR) is 111 cm³/mol. The van der Waals surface area contributed by atoms with Gasteiger partial charge in [0, 0.05) is 11.4 Å². The van der Waals surface area contributed by atoms with Crippen molar-refractivity contribution in [1.82, 2.24) is 15.1 Å². The molecule has 0 aliphatic heterocycles. The lowest BCUT2D eigenvalue weighted by atomic mass is 9.97. The largest absolute Gasteiger partial charge is 0.451 e. The maximum Gasteiger partial charge on any atom is 0.359 e. The number of aromatic nitrogens is 2. The summed E-state index contributed by atoms with van der Waals surface area (Å²) in [6.45, 7) is 3.29. The van der Waals surface area contributed by atoms with Gasteiger partial charge in [-0.2, -0.15) is 5.10 Å². The molecule has 3 rings (SSSR count). The van der Waals surface area contributed by atoms with Crippen LogP contribution < -0.4 is 10.9 Å². The molecule has 1 saturated carbocycles. The first kappa shape index (κ1) is 21.0. The lowest BCUT2D eigenvalue weighted by Crippen LogP contribution is -2.38. The average Bonchev–Trinajstić information content (AvgIpc) is 2.68. The number of benzene rings is 1. The van der Waals surface area contributed by atoms with Crippen LogP contribution in [0.4, 0.5) is 0 Å². The number of fused-ring (bicyclic) bond motifs is 1. The van der Waals surface area contributed by atoms with Crippen LogP contribution in [-0.4, -0.2) is 34.3 Å². The third-order valence-electron chi connectivity index (χ3n) is 5.32. The van der Waals surface area contributed by atoms with Crippen LogP contribution in [0.25, 0.3) is 10.8 Å². The van der Waals surface area contributed by atoms with Crippen LogP contribution in [0.5, 0.6) is 0 Å². The second-order valence-electron chi connectivity index (χ2n) is 7.92. The molecule has 0 radical (unpaired) electrons. The SMILES string of the molecule is CC(C)n1nc(C(=O)OCC(=O)NC2CCCCCCC2)c2ccccc2c1=O. The smallest absolute Gasteiger partial charge is 0.359 e. The zero-order chi connectivity index (χ0) is 20.8. The van der Waals surface area contributed by atoms with Gasteiger partial charge in [-0.3, -0.25) is 9.59 Å². The molecule has 1 aliphatic carbocycles. The predicted octanol–water partition coefficient (Wildman–Crippen LogP) is 3.36. The van der Waals surface area contributed by atoms with Gasteiger partial charge in [-0.25, -0.2) is 9.48 Å². The molecule has 7 nitrogen and oxygen atoms in total. The van der Waals surface area contributed by atoms with Gasteiger partial charge in [-0.1, -0.05) is 50.3 Å². The molecule has 2 aromatic rings. The van der Waals surface area contributed by atoms with Crippen molar-refractivity contribution in [3.63, 3.8) is 0 Å². The number of esters is 1. The Bertz CT molecular complexity index is 927. The highest BCUT2D eigenvalue weighted by Crippen LogP contribution is 2.18. The summed E-state index contributed by atoms with van der Waals surface area (Å²) < 4.78 is 6.51. The molecule has 1 aromatic carbocycles. The Morgan fingerprint density at radius 3 is 2.38 bits per heavy atom. The van der Waals surface area contributed by atoms with Crippen molar-refractivity contribution in [2.45, 2.75) is 70.9 Å². The summed E-state index contributed by atoms with van der Waals surface area (Å²) in [5.74, 6) is -1.01. The maximum absolute atomic E-state index is 12.7. The van der Waals surface area contributed by atoms with Gasteiger partial charge in [-0.05, 0) is 32.8 Å². The Kier molecular flexibility index (Phi) is 7.01. The van der Waals surface area contributed by atoms with E-state index in [9.17, 15) is 14.4 Å². The molecule has 1 aromatic heterocycles. The van der Waals surface area contributed by atoms with Crippen LogP contribution in [-0.2, 0) is 9.53 Å². The summed E-state index contributed by atoms with van der Waals surface area (Å²) in [6.07, 6.45) is 7.81. The summed E-state index contributed by atoms with van der Waals surface area (Å²) >= 11 is 0. The van der Waals surface area contributed by atoms with Crippen molar-refractivity contribution in [2.24, 2.45) is 0 Å². The van der Waals surface area contributed by atoms with Gasteiger partial charge in [0.25, 0.3) is 11.5 Å². The minimum atomic E-state index is -0.705. The van der Waals surface area contributed by atoms with E-state index in [0.29, 0.717) is 10.8 Å². The van der Waals surface area contributed by atoms with Crippen molar-refractivity contribution in [1.29, 1.82) is 0 Å². The van der Waals surface area contributed by atoms with E-state index in [0.717, 1.165) is 25.7 Å². The molecular weight excluding hydrogens is 370 g/mol. The minimum absolute atomic E-state index is 0.0488. The highest BCUT2D eigenvalue weighted by atomic mass is 16.5. The lowest BCUT2D eigenvalue weighted by molar-refractivity contribution is -0.125. The molecular formula is C22H29N3O4. The highest BCUT2D eigenvalue weighted by Gasteiger charge is 2.21. The van der Waals surface area contributed by atoms with Crippen molar-refractivity contribution in [3.05, 3.63) is 40.3 Å².